The molecule has 3 aromatic rings. The van der Waals surface area contributed by atoms with E-state index in [-0.39, 0.29) is 41.4 Å². The average molecular weight is 342 g/mol. The molecule has 1 aromatic heterocycles. The van der Waals surface area contributed by atoms with Gasteiger partial charge in [0.2, 0.25) is 0 Å². The summed E-state index contributed by atoms with van der Waals surface area (Å²) in [6.45, 7) is 0.0735. The molecule has 2 heterocycles. The summed E-state index contributed by atoms with van der Waals surface area (Å²) in [6, 6.07) is 8.63. The molecule has 7 nitrogen and oxygen atoms in total. The number of fused-ring (bicyclic) bond motifs is 2. The topological polar surface area (TPSA) is 109 Å². The zero-order valence-corrected chi connectivity index (χ0v) is 12.9. The van der Waals surface area contributed by atoms with E-state index >= 15 is 0 Å². The molecule has 0 amide bonds. The highest BCUT2D eigenvalue weighted by Gasteiger charge is 2.21. The van der Waals surface area contributed by atoms with E-state index in [1.54, 1.807) is 18.2 Å². The Morgan fingerprint density at radius 2 is 1.92 bits per heavy atom. The summed E-state index contributed by atoms with van der Waals surface area (Å²) in [4.78, 5) is 12.3. The maximum Gasteiger partial charge on any atom is 0.197 e. The second-order valence-corrected chi connectivity index (χ2v) is 5.71. The van der Waals surface area contributed by atoms with Crippen LogP contribution in [0, 0.1) is 0 Å². The Balaban J connectivity index is 1.82. The van der Waals surface area contributed by atoms with Gasteiger partial charge in [-0.15, -0.1) is 0 Å². The molecule has 128 valence electrons. The summed E-state index contributed by atoms with van der Waals surface area (Å²) in [7, 11) is 0. The molecule has 1 unspecified atom stereocenters. The zero-order chi connectivity index (χ0) is 17.6. The number of aliphatic hydroxyl groups excluding tert-OH is 1. The summed E-state index contributed by atoms with van der Waals surface area (Å²) in [5, 5.41) is 28.5. The molecule has 0 spiro atoms. The molecule has 1 aliphatic heterocycles. The van der Waals surface area contributed by atoms with Crippen LogP contribution in [0.3, 0.4) is 0 Å². The number of ether oxygens (including phenoxy) is 2. The van der Waals surface area contributed by atoms with E-state index < -0.39 is 11.5 Å². The van der Waals surface area contributed by atoms with Gasteiger partial charge in [-0.3, -0.25) is 4.79 Å². The number of aliphatic hydroxyl groups is 1. The first-order valence-corrected chi connectivity index (χ1v) is 7.60. The molecule has 0 saturated carbocycles. The summed E-state index contributed by atoms with van der Waals surface area (Å²) in [6.07, 6.45) is -0.414. The van der Waals surface area contributed by atoms with E-state index in [4.69, 9.17) is 19.0 Å². The fraction of sp³-hybridized carbons (Fsp3) is 0.167. The Kier molecular flexibility index (Phi) is 3.51. The third-order valence-electron chi connectivity index (χ3n) is 3.94. The van der Waals surface area contributed by atoms with Crippen molar-refractivity contribution in [3.8, 4) is 34.3 Å². The minimum absolute atomic E-state index is 0.00452. The van der Waals surface area contributed by atoms with E-state index in [1.165, 1.54) is 12.1 Å². The Morgan fingerprint density at radius 3 is 2.72 bits per heavy atom. The van der Waals surface area contributed by atoms with Crippen LogP contribution in [-0.2, 0) is 0 Å². The summed E-state index contributed by atoms with van der Waals surface area (Å²) in [5.41, 5.74) is 0.228. The molecule has 25 heavy (non-hydrogen) atoms. The zero-order valence-electron chi connectivity index (χ0n) is 12.9. The van der Waals surface area contributed by atoms with Gasteiger partial charge in [-0.2, -0.15) is 0 Å². The van der Waals surface area contributed by atoms with Gasteiger partial charge in [0.15, 0.2) is 23.0 Å². The van der Waals surface area contributed by atoms with Crippen LogP contribution >= 0.6 is 0 Å². The van der Waals surface area contributed by atoms with Crippen LogP contribution in [-0.4, -0.2) is 34.6 Å². The molecule has 4 rings (SSSR count). The molecule has 3 N–H and O–H groups in total. The maximum atomic E-state index is 12.3. The summed E-state index contributed by atoms with van der Waals surface area (Å²) in [5.74, 6) is 0.685. The predicted molar refractivity (Wildman–Crippen MR) is 88.2 cm³/mol. The van der Waals surface area contributed by atoms with Crippen molar-refractivity contribution in [2.45, 2.75) is 6.10 Å². The van der Waals surface area contributed by atoms with Gasteiger partial charge in [0.1, 0.15) is 34.8 Å². The number of phenols is 2. The smallest absolute Gasteiger partial charge is 0.197 e. The first-order valence-electron chi connectivity index (χ1n) is 7.60. The number of hydrogen-bond acceptors (Lipinski definition) is 7. The average Bonchev–Trinajstić information content (AvgIpc) is 2.59. The Labute approximate surface area is 141 Å². The Bertz CT molecular complexity index is 1020. The van der Waals surface area contributed by atoms with Crippen LogP contribution in [0.15, 0.2) is 45.6 Å². The van der Waals surface area contributed by atoms with Gasteiger partial charge < -0.3 is 29.2 Å². The second-order valence-electron chi connectivity index (χ2n) is 5.71. The minimum atomic E-state index is -0.427. The number of aromatic hydroxyl groups is 2. The molecular formula is C18H14O7. The van der Waals surface area contributed by atoms with E-state index in [9.17, 15) is 15.0 Å². The van der Waals surface area contributed by atoms with Crippen molar-refractivity contribution in [3.63, 3.8) is 0 Å². The first kappa shape index (κ1) is 15.3. The highest BCUT2D eigenvalue weighted by atomic mass is 16.6. The normalized spacial score (nSPS) is 16.1. The van der Waals surface area contributed by atoms with Gasteiger partial charge in [-0.1, -0.05) is 0 Å². The van der Waals surface area contributed by atoms with Crippen LogP contribution < -0.4 is 14.9 Å². The molecule has 2 aromatic carbocycles. The predicted octanol–water partition coefficient (Wildman–Crippen LogP) is 2.00. The number of phenolic OH excluding ortho intramolecular Hbond substituents is 2. The fourth-order valence-corrected chi connectivity index (χ4v) is 2.75. The van der Waals surface area contributed by atoms with Crippen LogP contribution in [0.5, 0.6) is 23.0 Å². The van der Waals surface area contributed by atoms with Crippen molar-refractivity contribution >= 4 is 11.0 Å². The fourth-order valence-electron chi connectivity index (χ4n) is 2.75. The molecule has 0 bridgehead atoms. The van der Waals surface area contributed by atoms with Gasteiger partial charge in [-0.05, 0) is 18.2 Å². The lowest BCUT2D eigenvalue weighted by atomic mass is 10.1. The van der Waals surface area contributed by atoms with Crippen molar-refractivity contribution in [2.24, 2.45) is 0 Å². The first-order chi connectivity index (χ1) is 12.0. The minimum Gasteiger partial charge on any atom is -0.508 e. The van der Waals surface area contributed by atoms with Crippen molar-refractivity contribution in [1.82, 2.24) is 0 Å². The highest BCUT2D eigenvalue weighted by molar-refractivity contribution is 5.86. The number of benzene rings is 2. The molecule has 0 radical (unpaired) electrons. The van der Waals surface area contributed by atoms with Gasteiger partial charge in [0.25, 0.3) is 0 Å². The highest BCUT2D eigenvalue weighted by Crippen LogP contribution is 2.37. The van der Waals surface area contributed by atoms with E-state index in [0.29, 0.717) is 17.1 Å². The quantitative estimate of drug-likeness (QED) is 0.653. The van der Waals surface area contributed by atoms with Crippen LogP contribution in [0.25, 0.3) is 22.3 Å². The monoisotopic (exact) mass is 342 g/mol. The third-order valence-corrected chi connectivity index (χ3v) is 3.94. The molecule has 0 fully saturated rings. The van der Waals surface area contributed by atoms with Crippen molar-refractivity contribution < 1.29 is 29.2 Å². The molecule has 7 heteroatoms. The van der Waals surface area contributed by atoms with Gasteiger partial charge >= 0.3 is 0 Å². The van der Waals surface area contributed by atoms with Crippen molar-refractivity contribution in [3.05, 3.63) is 46.6 Å². The van der Waals surface area contributed by atoms with Crippen molar-refractivity contribution in [1.29, 1.82) is 0 Å². The van der Waals surface area contributed by atoms with Crippen molar-refractivity contribution in [2.75, 3.05) is 13.2 Å². The van der Waals surface area contributed by atoms with Crippen LogP contribution in [0.1, 0.15) is 0 Å². The lowest BCUT2D eigenvalue weighted by molar-refractivity contribution is 0.0457. The third kappa shape index (κ3) is 2.64. The van der Waals surface area contributed by atoms with Gasteiger partial charge in [0.05, 0.1) is 6.61 Å². The van der Waals surface area contributed by atoms with E-state index in [0.717, 1.165) is 6.07 Å². The van der Waals surface area contributed by atoms with Crippen LogP contribution in [0.4, 0.5) is 0 Å². The standard InChI is InChI=1S/C18H14O7/c19-7-11-8-23-16-3-9(1-2-14(16)24-11)15-6-13(22)18-12(21)4-10(20)5-17(18)25-15/h1-6,11,19-21H,7-8H2. The Hall–Kier alpha value is -3.19. The number of rotatable bonds is 2. The van der Waals surface area contributed by atoms with E-state index in [1.807, 2.05) is 0 Å². The molecule has 0 aliphatic carbocycles. The van der Waals surface area contributed by atoms with E-state index in [2.05, 4.69) is 0 Å². The second kappa shape index (κ2) is 5.71. The van der Waals surface area contributed by atoms with Gasteiger partial charge in [0, 0.05) is 23.8 Å². The molecular weight excluding hydrogens is 328 g/mol. The largest absolute Gasteiger partial charge is 0.508 e. The molecule has 1 aliphatic rings. The Morgan fingerprint density at radius 1 is 1.08 bits per heavy atom. The SMILES string of the molecule is O=c1cc(-c2ccc3c(c2)OCC(CO)O3)oc2cc(O)cc(O)c12. The summed E-state index contributed by atoms with van der Waals surface area (Å²) >= 11 is 0. The van der Waals surface area contributed by atoms with Gasteiger partial charge in [-0.25, -0.2) is 0 Å². The lowest BCUT2D eigenvalue weighted by Gasteiger charge is -2.25. The number of hydrogen-bond donors (Lipinski definition) is 3. The van der Waals surface area contributed by atoms with Crippen LogP contribution in [0.2, 0.25) is 0 Å². The lowest BCUT2D eigenvalue weighted by Crippen LogP contribution is -2.32. The summed E-state index contributed by atoms with van der Waals surface area (Å²) < 4.78 is 16.8. The molecule has 1 atom stereocenters. The molecule has 0 saturated heterocycles. The maximum absolute atomic E-state index is 12.3.